The highest BCUT2D eigenvalue weighted by Gasteiger charge is 2.33. The van der Waals surface area contributed by atoms with Crippen molar-refractivity contribution < 1.29 is 17.9 Å². The molecule has 1 aliphatic heterocycles. The lowest BCUT2D eigenvalue weighted by molar-refractivity contribution is -0.134. The smallest absolute Gasteiger partial charge is 0.241 e. The van der Waals surface area contributed by atoms with E-state index in [1.165, 1.54) is 0 Å². The fourth-order valence-corrected chi connectivity index (χ4v) is 5.25. The second kappa shape index (κ2) is 8.39. The lowest BCUT2D eigenvalue weighted by Crippen LogP contribution is -2.52. The molecule has 1 aliphatic rings. The Labute approximate surface area is 157 Å². The summed E-state index contributed by atoms with van der Waals surface area (Å²) >= 11 is 0. The van der Waals surface area contributed by atoms with Gasteiger partial charge in [0.15, 0.2) is 0 Å². The Morgan fingerprint density at radius 1 is 1.12 bits per heavy atom. The SMILES string of the molecule is COc1cc(C)c(S(=O)(=O)N[C@H](C(=O)N2CCCCC2)C(C)C)c(C)c1. The summed E-state index contributed by atoms with van der Waals surface area (Å²) in [6.45, 7) is 8.60. The number of rotatable bonds is 6. The first-order valence-electron chi connectivity index (χ1n) is 9.13. The summed E-state index contributed by atoms with van der Waals surface area (Å²) in [6, 6.07) is 2.62. The van der Waals surface area contributed by atoms with E-state index in [1.807, 2.05) is 13.8 Å². The van der Waals surface area contributed by atoms with Crippen molar-refractivity contribution in [2.75, 3.05) is 20.2 Å². The predicted octanol–water partition coefficient (Wildman–Crippen LogP) is 2.63. The topological polar surface area (TPSA) is 75.7 Å². The van der Waals surface area contributed by atoms with Gasteiger partial charge in [-0.2, -0.15) is 4.72 Å². The molecule has 0 unspecified atom stereocenters. The van der Waals surface area contributed by atoms with Crippen molar-refractivity contribution in [3.63, 3.8) is 0 Å². The Morgan fingerprint density at radius 2 is 1.65 bits per heavy atom. The lowest BCUT2D eigenvalue weighted by Gasteiger charge is -2.32. The molecule has 1 fully saturated rings. The molecule has 1 aromatic rings. The third kappa shape index (κ3) is 4.57. The molecule has 0 bridgehead atoms. The van der Waals surface area contributed by atoms with Crippen LogP contribution in [0.3, 0.4) is 0 Å². The number of sulfonamides is 1. The summed E-state index contributed by atoms with van der Waals surface area (Å²) in [4.78, 5) is 14.9. The van der Waals surface area contributed by atoms with Crippen LogP contribution in [0.5, 0.6) is 5.75 Å². The normalized spacial score (nSPS) is 16.6. The van der Waals surface area contributed by atoms with Gasteiger partial charge >= 0.3 is 0 Å². The minimum atomic E-state index is -3.83. The second-order valence-corrected chi connectivity index (χ2v) is 8.97. The number of aryl methyl sites for hydroxylation is 2. The maximum Gasteiger partial charge on any atom is 0.241 e. The minimum Gasteiger partial charge on any atom is -0.497 e. The van der Waals surface area contributed by atoms with Crippen molar-refractivity contribution in [1.82, 2.24) is 9.62 Å². The Morgan fingerprint density at radius 3 is 2.12 bits per heavy atom. The third-order valence-electron chi connectivity index (χ3n) is 4.82. The van der Waals surface area contributed by atoms with Gasteiger partial charge in [-0.1, -0.05) is 13.8 Å². The highest BCUT2D eigenvalue weighted by Crippen LogP contribution is 2.26. The second-order valence-electron chi connectivity index (χ2n) is 7.32. The van der Waals surface area contributed by atoms with Crippen LogP contribution in [0.1, 0.15) is 44.2 Å². The molecule has 26 heavy (non-hydrogen) atoms. The molecule has 1 heterocycles. The molecule has 0 aromatic heterocycles. The van der Waals surface area contributed by atoms with E-state index in [2.05, 4.69) is 4.72 Å². The van der Waals surface area contributed by atoms with Crippen molar-refractivity contribution >= 4 is 15.9 Å². The van der Waals surface area contributed by atoms with E-state index in [0.717, 1.165) is 19.3 Å². The van der Waals surface area contributed by atoms with Crippen LogP contribution in [0.2, 0.25) is 0 Å². The molecule has 1 N–H and O–H groups in total. The largest absolute Gasteiger partial charge is 0.497 e. The zero-order valence-electron chi connectivity index (χ0n) is 16.3. The molecular weight excluding hydrogens is 352 g/mol. The zero-order valence-corrected chi connectivity index (χ0v) is 17.1. The Kier molecular flexibility index (Phi) is 6.69. The molecule has 2 rings (SSSR count). The van der Waals surface area contributed by atoms with Crippen LogP contribution in [0.4, 0.5) is 0 Å². The lowest BCUT2D eigenvalue weighted by atomic mass is 10.0. The molecule has 6 nitrogen and oxygen atoms in total. The van der Waals surface area contributed by atoms with Crippen LogP contribution in [-0.4, -0.2) is 45.5 Å². The number of nitrogens with zero attached hydrogens (tertiary/aromatic N) is 1. The maximum atomic E-state index is 13.1. The van der Waals surface area contributed by atoms with Crippen molar-refractivity contribution in [2.24, 2.45) is 5.92 Å². The molecule has 1 saturated heterocycles. The summed E-state index contributed by atoms with van der Waals surface area (Å²) in [7, 11) is -2.28. The molecule has 0 saturated carbocycles. The van der Waals surface area contributed by atoms with E-state index in [0.29, 0.717) is 30.0 Å². The molecule has 0 radical (unpaired) electrons. The summed E-state index contributed by atoms with van der Waals surface area (Å²) < 4.78 is 34.0. The average molecular weight is 383 g/mol. The first kappa shape index (κ1) is 20.7. The fraction of sp³-hybridized carbons (Fsp3) is 0.632. The molecule has 146 valence electrons. The van der Waals surface area contributed by atoms with Crippen LogP contribution in [0.25, 0.3) is 0 Å². The van der Waals surface area contributed by atoms with Crippen molar-refractivity contribution in [1.29, 1.82) is 0 Å². The van der Waals surface area contributed by atoms with Gasteiger partial charge in [-0.3, -0.25) is 4.79 Å². The van der Waals surface area contributed by atoms with Gasteiger partial charge in [0, 0.05) is 13.1 Å². The van der Waals surface area contributed by atoms with Gasteiger partial charge in [-0.05, 0) is 62.3 Å². The number of ether oxygens (including phenoxy) is 1. The standard InChI is InChI=1S/C19H30N2O4S/c1-13(2)17(19(22)21-9-7-6-8-10-21)20-26(23,24)18-14(3)11-16(25-5)12-15(18)4/h11-13,17,20H,6-10H2,1-5H3/t17-/m0/s1. The van der Waals surface area contributed by atoms with Gasteiger partial charge in [0.25, 0.3) is 0 Å². The quantitative estimate of drug-likeness (QED) is 0.821. The van der Waals surface area contributed by atoms with E-state index < -0.39 is 16.1 Å². The number of carbonyl (C=O) groups excluding carboxylic acids is 1. The van der Waals surface area contributed by atoms with Crippen LogP contribution in [-0.2, 0) is 14.8 Å². The maximum absolute atomic E-state index is 13.1. The number of hydrogen-bond donors (Lipinski definition) is 1. The number of benzene rings is 1. The Balaban J connectivity index is 2.31. The van der Waals surface area contributed by atoms with Gasteiger partial charge in [0.05, 0.1) is 12.0 Å². The van der Waals surface area contributed by atoms with Gasteiger partial charge in [-0.15, -0.1) is 0 Å². The van der Waals surface area contributed by atoms with E-state index in [4.69, 9.17) is 4.74 Å². The van der Waals surface area contributed by atoms with Crippen molar-refractivity contribution in [2.45, 2.75) is 57.9 Å². The van der Waals surface area contributed by atoms with Crippen molar-refractivity contribution in [3.8, 4) is 5.75 Å². The summed E-state index contributed by atoms with van der Waals surface area (Å²) in [5.74, 6) is 0.342. The number of methoxy groups -OCH3 is 1. The molecule has 0 aliphatic carbocycles. The minimum absolute atomic E-state index is 0.132. The number of amides is 1. The van der Waals surface area contributed by atoms with Gasteiger partial charge in [0.1, 0.15) is 11.8 Å². The molecule has 1 aromatic carbocycles. The summed E-state index contributed by atoms with van der Waals surface area (Å²) in [5, 5.41) is 0. The van der Waals surface area contributed by atoms with Gasteiger partial charge in [-0.25, -0.2) is 8.42 Å². The van der Waals surface area contributed by atoms with Gasteiger partial charge < -0.3 is 9.64 Å². The van der Waals surface area contributed by atoms with Crippen LogP contribution in [0, 0.1) is 19.8 Å². The van der Waals surface area contributed by atoms with E-state index in [-0.39, 0.29) is 16.7 Å². The number of piperidine rings is 1. The molecule has 1 amide bonds. The first-order valence-corrected chi connectivity index (χ1v) is 10.6. The fourth-order valence-electron chi connectivity index (χ4n) is 3.46. The average Bonchev–Trinajstić information content (AvgIpc) is 2.58. The van der Waals surface area contributed by atoms with E-state index >= 15 is 0 Å². The number of nitrogens with one attached hydrogen (secondary N) is 1. The van der Waals surface area contributed by atoms with Gasteiger partial charge in [0.2, 0.25) is 15.9 Å². The molecular formula is C19H30N2O4S. The number of likely N-dealkylation sites (tertiary alicyclic amines) is 1. The Hall–Kier alpha value is -1.60. The molecule has 0 spiro atoms. The van der Waals surface area contributed by atoms with Crippen LogP contribution < -0.4 is 9.46 Å². The summed E-state index contributed by atoms with van der Waals surface area (Å²) in [5.41, 5.74) is 1.20. The first-order chi connectivity index (χ1) is 12.2. The third-order valence-corrected chi connectivity index (χ3v) is 6.57. The van der Waals surface area contributed by atoms with E-state index in [1.54, 1.807) is 38.0 Å². The monoisotopic (exact) mass is 382 g/mol. The Bertz CT molecular complexity index is 730. The predicted molar refractivity (Wildman–Crippen MR) is 102 cm³/mol. The zero-order chi connectivity index (χ0) is 19.5. The van der Waals surface area contributed by atoms with Crippen LogP contribution in [0.15, 0.2) is 17.0 Å². The van der Waals surface area contributed by atoms with E-state index in [9.17, 15) is 13.2 Å². The highest BCUT2D eigenvalue weighted by molar-refractivity contribution is 7.89. The molecule has 7 heteroatoms. The number of carbonyl (C=O) groups is 1. The highest BCUT2D eigenvalue weighted by atomic mass is 32.2. The van der Waals surface area contributed by atoms with Crippen molar-refractivity contribution in [3.05, 3.63) is 23.3 Å². The summed E-state index contributed by atoms with van der Waals surface area (Å²) in [6.07, 6.45) is 3.06. The molecule has 1 atom stereocenters. The van der Waals surface area contributed by atoms with Crippen LogP contribution >= 0.6 is 0 Å². The number of hydrogen-bond acceptors (Lipinski definition) is 4.